The highest BCUT2D eigenvalue weighted by Crippen LogP contribution is 2.06. The molecule has 1 aliphatic rings. The third-order valence-corrected chi connectivity index (χ3v) is 1.38. The third-order valence-electron chi connectivity index (χ3n) is 1.38. The number of nitrogens with one attached hydrogen (secondary N) is 1. The van der Waals surface area contributed by atoms with E-state index in [0.29, 0.717) is 0 Å². The van der Waals surface area contributed by atoms with Gasteiger partial charge in [0.2, 0.25) is 12.3 Å². The second-order valence-corrected chi connectivity index (χ2v) is 2.41. The van der Waals surface area contributed by atoms with Crippen molar-refractivity contribution in [2.24, 2.45) is 0 Å². The van der Waals surface area contributed by atoms with Crippen LogP contribution in [0.3, 0.4) is 0 Å². The maximum absolute atomic E-state index is 11.7. The molecule has 1 rings (SSSR count). The molecule has 3 nitrogen and oxygen atoms in total. The van der Waals surface area contributed by atoms with Crippen molar-refractivity contribution >= 4 is 5.91 Å². The Hall–Kier alpha value is -0.710. The van der Waals surface area contributed by atoms with E-state index in [1.54, 1.807) is 0 Å². The van der Waals surface area contributed by atoms with Gasteiger partial charge in [0.05, 0.1) is 12.6 Å². The van der Waals surface area contributed by atoms with Crippen LogP contribution in [0.1, 0.15) is 6.42 Å². The fourth-order valence-corrected chi connectivity index (χ4v) is 0.947. The summed E-state index contributed by atoms with van der Waals surface area (Å²) in [6.45, 7) is 0.176. The van der Waals surface area contributed by atoms with Crippen LogP contribution in [0.5, 0.6) is 0 Å². The molecule has 64 valence electrons. The summed E-state index contributed by atoms with van der Waals surface area (Å²) in [5.74, 6) is -0.318. The second-order valence-electron chi connectivity index (χ2n) is 2.41. The largest absolute Gasteiger partial charge is 0.370 e. The van der Waals surface area contributed by atoms with E-state index in [2.05, 4.69) is 5.32 Å². The summed E-state index contributed by atoms with van der Waals surface area (Å²) in [5, 5.41) is 2.40. The number of amides is 1. The van der Waals surface area contributed by atoms with Crippen LogP contribution in [0.2, 0.25) is 0 Å². The molecule has 0 saturated carbocycles. The van der Waals surface area contributed by atoms with Crippen molar-refractivity contribution in [3.63, 3.8) is 0 Å². The predicted molar refractivity (Wildman–Crippen MR) is 33.4 cm³/mol. The Labute approximate surface area is 62.7 Å². The molecule has 1 fully saturated rings. The number of alkyl halides is 2. The summed E-state index contributed by atoms with van der Waals surface area (Å²) < 4.78 is 28.2. The Morgan fingerprint density at radius 2 is 2.45 bits per heavy atom. The molecule has 0 aromatic carbocycles. The second kappa shape index (κ2) is 3.61. The van der Waals surface area contributed by atoms with E-state index in [4.69, 9.17) is 4.74 Å². The van der Waals surface area contributed by atoms with E-state index >= 15 is 0 Å². The van der Waals surface area contributed by atoms with Gasteiger partial charge in [0.1, 0.15) is 6.61 Å². The van der Waals surface area contributed by atoms with E-state index < -0.39 is 12.5 Å². The highest BCUT2D eigenvalue weighted by Gasteiger charge is 2.21. The highest BCUT2D eigenvalue weighted by molar-refractivity contribution is 5.78. The van der Waals surface area contributed by atoms with Gasteiger partial charge >= 0.3 is 0 Å². The first-order valence-electron chi connectivity index (χ1n) is 3.33. The van der Waals surface area contributed by atoms with Crippen LogP contribution in [0.4, 0.5) is 8.78 Å². The molecule has 1 aliphatic heterocycles. The van der Waals surface area contributed by atoms with Crippen molar-refractivity contribution in [3.8, 4) is 0 Å². The minimum absolute atomic E-state index is 0.0141. The molecule has 1 atom stereocenters. The SMILES string of the molecule is O=C1COCC(CC(F)F)N1. The van der Waals surface area contributed by atoms with E-state index in [9.17, 15) is 13.6 Å². The first-order chi connectivity index (χ1) is 5.18. The number of hydrogen-bond donors (Lipinski definition) is 1. The fraction of sp³-hybridized carbons (Fsp3) is 0.833. The highest BCUT2D eigenvalue weighted by atomic mass is 19.3. The Morgan fingerprint density at radius 1 is 1.73 bits per heavy atom. The van der Waals surface area contributed by atoms with E-state index in [-0.39, 0.29) is 25.5 Å². The summed E-state index contributed by atoms with van der Waals surface area (Å²) in [5.41, 5.74) is 0. The lowest BCUT2D eigenvalue weighted by Crippen LogP contribution is -2.46. The van der Waals surface area contributed by atoms with Gasteiger partial charge in [0.15, 0.2) is 0 Å². The number of halogens is 2. The van der Waals surface area contributed by atoms with E-state index in [1.807, 2.05) is 0 Å². The van der Waals surface area contributed by atoms with Gasteiger partial charge in [0.25, 0.3) is 0 Å². The zero-order chi connectivity index (χ0) is 8.27. The number of rotatable bonds is 2. The van der Waals surface area contributed by atoms with Crippen LogP contribution in [0.25, 0.3) is 0 Å². The van der Waals surface area contributed by atoms with Gasteiger partial charge in [-0.3, -0.25) is 4.79 Å². The molecule has 0 spiro atoms. The summed E-state index contributed by atoms with van der Waals surface area (Å²) >= 11 is 0. The smallest absolute Gasteiger partial charge is 0.246 e. The molecule has 0 radical (unpaired) electrons. The number of carbonyl (C=O) groups is 1. The summed E-state index contributed by atoms with van der Waals surface area (Å²) in [7, 11) is 0. The standard InChI is InChI=1S/C6H9F2NO2/c7-5(8)1-4-2-11-3-6(10)9-4/h4-5H,1-3H2,(H,9,10). The van der Waals surface area contributed by atoms with Crippen molar-refractivity contribution < 1.29 is 18.3 Å². The lowest BCUT2D eigenvalue weighted by Gasteiger charge is -2.22. The first-order valence-corrected chi connectivity index (χ1v) is 3.33. The average Bonchev–Trinajstić information content (AvgIpc) is 1.85. The number of morpholine rings is 1. The molecular weight excluding hydrogens is 156 g/mol. The fourth-order valence-electron chi connectivity index (χ4n) is 0.947. The lowest BCUT2D eigenvalue weighted by molar-refractivity contribution is -0.131. The first kappa shape index (κ1) is 8.39. The monoisotopic (exact) mass is 165 g/mol. The number of hydrogen-bond acceptors (Lipinski definition) is 2. The number of ether oxygens (including phenoxy) is 1. The normalized spacial score (nSPS) is 25.4. The minimum Gasteiger partial charge on any atom is -0.370 e. The lowest BCUT2D eigenvalue weighted by atomic mass is 10.2. The van der Waals surface area contributed by atoms with Crippen LogP contribution in [-0.2, 0) is 9.53 Å². The average molecular weight is 165 g/mol. The van der Waals surface area contributed by atoms with Gasteiger partial charge in [-0.05, 0) is 0 Å². The Morgan fingerprint density at radius 3 is 3.00 bits per heavy atom. The van der Waals surface area contributed by atoms with Gasteiger partial charge in [0, 0.05) is 6.42 Å². The Bertz CT molecular complexity index is 152. The van der Waals surface area contributed by atoms with Crippen molar-refractivity contribution in [1.82, 2.24) is 5.32 Å². The number of carbonyl (C=O) groups excluding carboxylic acids is 1. The molecule has 0 bridgehead atoms. The Balaban J connectivity index is 2.28. The third kappa shape index (κ3) is 2.80. The van der Waals surface area contributed by atoms with Crippen LogP contribution in [-0.4, -0.2) is 31.6 Å². The Kier molecular flexibility index (Phi) is 2.76. The van der Waals surface area contributed by atoms with Gasteiger partial charge in [-0.2, -0.15) is 0 Å². The van der Waals surface area contributed by atoms with Crippen LogP contribution < -0.4 is 5.32 Å². The molecule has 11 heavy (non-hydrogen) atoms. The quantitative estimate of drug-likeness (QED) is 0.632. The van der Waals surface area contributed by atoms with Crippen molar-refractivity contribution in [3.05, 3.63) is 0 Å². The molecule has 5 heteroatoms. The molecule has 0 aromatic heterocycles. The van der Waals surface area contributed by atoms with Crippen LogP contribution >= 0.6 is 0 Å². The van der Waals surface area contributed by atoms with Crippen molar-refractivity contribution in [1.29, 1.82) is 0 Å². The van der Waals surface area contributed by atoms with Crippen LogP contribution in [0.15, 0.2) is 0 Å². The molecule has 0 aliphatic carbocycles. The maximum Gasteiger partial charge on any atom is 0.246 e. The molecular formula is C6H9F2NO2. The van der Waals surface area contributed by atoms with E-state index in [0.717, 1.165) is 0 Å². The summed E-state index contributed by atoms with van der Waals surface area (Å²) in [4.78, 5) is 10.6. The predicted octanol–water partition coefficient (Wildman–Crippen LogP) is 0.157. The maximum atomic E-state index is 11.7. The summed E-state index contributed by atoms with van der Waals surface area (Å²) in [6.07, 6.45) is -2.71. The topological polar surface area (TPSA) is 38.3 Å². The van der Waals surface area contributed by atoms with Gasteiger partial charge in [-0.25, -0.2) is 8.78 Å². The van der Waals surface area contributed by atoms with Gasteiger partial charge < -0.3 is 10.1 Å². The summed E-state index contributed by atoms with van der Waals surface area (Å²) in [6, 6.07) is -0.517. The zero-order valence-corrected chi connectivity index (χ0v) is 5.85. The van der Waals surface area contributed by atoms with E-state index in [1.165, 1.54) is 0 Å². The van der Waals surface area contributed by atoms with Crippen molar-refractivity contribution in [2.75, 3.05) is 13.2 Å². The molecule has 1 N–H and O–H groups in total. The zero-order valence-electron chi connectivity index (χ0n) is 5.85. The van der Waals surface area contributed by atoms with Crippen molar-refractivity contribution in [2.45, 2.75) is 18.9 Å². The molecule has 1 unspecified atom stereocenters. The molecule has 0 aromatic rings. The molecule has 1 heterocycles. The molecule has 1 saturated heterocycles. The van der Waals surface area contributed by atoms with Crippen LogP contribution in [0, 0.1) is 0 Å². The van der Waals surface area contributed by atoms with Gasteiger partial charge in [-0.1, -0.05) is 0 Å². The molecule has 1 amide bonds. The minimum atomic E-state index is -2.39. The van der Waals surface area contributed by atoms with Gasteiger partial charge in [-0.15, -0.1) is 0 Å².